The van der Waals surface area contributed by atoms with Gasteiger partial charge in [0.15, 0.2) is 0 Å². The molecule has 0 aliphatic heterocycles. The summed E-state index contributed by atoms with van der Waals surface area (Å²) in [6.45, 7) is 3.86. The van der Waals surface area contributed by atoms with Crippen LogP contribution >= 0.6 is 15.9 Å². The van der Waals surface area contributed by atoms with Crippen LogP contribution in [0.5, 0.6) is 0 Å². The van der Waals surface area contributed by atoms with Crippen molar-refractivity contribution in [1.82, 2.24) is 0 Å². The maximum absolute atomic E-state index is 9.16. The number of benzene rings is 2. The lowest BCUT2D eigenvalue weighted by Gasteiger charge is -2.17. The SMILES string of the molecule is CC(C)(C#N)c1ccc(-c2ccccc2)c(Br)c1. The molecule has 0 saturated heterocycles. The largest absolute Gasteiger partial charge is 0.197 e. The maximum Gasteiger partial charge on any atom is 0.0766 e. The molecule has 2 heteroatoms. The molecule has 0 fully saturated rings. The van der Waals surface area contributed by atoms with E-state index < -0.39 is 5.41 Å². The molecule has 2 aromatic carbocycles. The molecule has 0 bridgehead atoms. The van der Waals surface area contributed by atoms with Crippen molar-refractivity contribution < 1.29 is 0 Å². The normalized spacial score (nSPS) is 11.0. The molecular weight excluding hydrogens is 286 g/mol. The Kier molecular flexibility index (Phi) is 3.54. The minimum atomic E-state index is -0.461. The van der Waals surface area contributed by atoms with Gasteiger partial charge in [-0.2, -0.15) is 5.26 Å². The Morgan fingerprint density at radius 3 is 2.28 bits per heavy atom. The number of halogens is 1. The molecule has 0 unspecified atom stereocenters. The number of hydrogen-bond donors (Lipinski definition) is 0. The Bertz CT molecular complexity index is 594. The number of hydrogen-bond acceptors (Lipinski definition) is 1. The fourth-order valence-electron chi connectivity index (χ4n) is 1.82. The topological polar surface area (TPSA) is 23.8 Å². The molecule has 0 heterocycles. The summed E-state index contributed by atoms with van der Waals surface area (Å²) < 4.78 is 1.02. The smallest absolute Gasteiger partial charge is 0.0766 e. The third-order valence-corrected chi connectivity index (χ3v) is 3.71. The first-order valence-electron chi connectivity index (χ1n) is 5.81. The van der Waals surface area contributed by atoms with Gasteiger partial charge in [-0.15, -0.1) is 0 Å². The van der Waals surface area contributed by atoms with Crippen molar-refractivity contribution in [2.75, 3.05) is 0 Å². The van der Waals surface area contributed by atoms with E-state index in [1.54, 1.807) is 0 Å². The first-order chi connectivity index (χ1) is 8.54. The number of rotatable bonds is 2. The van der Waals surface area contributed by atoms with Crippen molar-refractivity contribution in [3.63, 3.8) is 0 Å². The summed E-state index contributed by atoms with van der Waals surface area (Å²) in [6, 6.07) is 18.7. The monoisotopic (exact) mass is 299 g/mol. The molecule has 0 amide bonds. The van der Waals surface area contributed by atoms with Gasteiger partial charge < -0.3 is 0 Å². The predicted molar refractivity (Wildman–Crippen MR) is 78.2 cm³/mol. The lowest BCUT2D eigenvalue weighted by molar-refractivity contribution is 0.686. The van der Waals surface area contributed by atoms with E-state index in [0.29, 0.717) is 0 Å². The average molecular weight is 300 g/mol. The standard InChI is InChI=1S/C16H14BrN/c1-16(2,11-18)13-8-9-14(15(17)10-13)12-6-4-3-5-7-12/h3-10H,1-2H3. The van der Waals surface area contributed by atoms with Crippen LogP contribution < -0.4 is 0 Å². The first kappa shape index (κ1) is 12.9. The van der Waals surface area contributed by atoms with Crippen LogP contribution in [0.2, 0.25) is 0 Å². The quantitative estimate of drug-likeness (QED) is 0.772. The summed E-state index contributed by atoms with van der Waals surface area (Å²) in [5.74, 6) is 0. The van der Waals surface area contributed by atoms with Crippen LogP contribution in [0.25, 0.3) is 11.1 Å². The Morgan fingerprint density at radius 1 is 1.06 bits per heavy atom. The lowest BCUT2D eigenvalue weighted by Crippen LogP contribution is -2.13. The molecule has 2 aromatic rings. The third-order valence-electron chi connectivity index (χ3n) is 3.06. The van der Waals surface area contributed by atoms with Gasteiger partial charge in [-0.25, -0.2) is 0 Å². The fourth-order valence-corrected chi connectivity index (χ4v) is 2.43. The van der Waals surface area contributed by atoms with Gasteiger partial charge in [-0.05, 0) is 36.6 Å². The van der Waals surface area contributed by atoms with E-state index in [1.165, 1.54) is 5.56 Å². The van der Waals surface area contributed by atoms with Gasteiger partial charge in [-0.1, -0.05) is 58.4 Å². The van der Waals surface area contributed by atoms with Gasteiger partial charge in [0.25, 0.3) is 0 Å². The molecule has 0 aliphatic carbocycles. The summed E-state index contributed by atoms with van der Waals surface area (Å²) >= 11 is 3.60. The highest BCUT2D eigenvalue weighted by atomic mass is 79.9. The zero-order valence-corrected chi connectivity index (χ0v) is 12.0. The third kappa shape index (κ3) is 2.47. The van der Waals surface area contributed by atoms with Crippen molar-refractivity contribution in [3.8, 4) is 17.2 Å². The number of nitriles is 1. The van der Waals surface area contributed by atoms with E-state index in [-0.39, 0.29) is 0 Å². The predicted octanol–water partition coefficient (Wildman–Crippen LogP) is 4.92. The van der Waals surface area contributed by atoms with Crippen LogP contribution in [0.3, 0.4) is 0 Å². The highest BCUT2D eigenvalue weighted by molar-refractivity contribution is 9.10. The highest BCUT2D eigenvalue weighted by Gasteiger charge is 2.20. The average Bonchev–Trinajstić information content (AvgIpc) is 2.39. The molecule has 0 N–H and O–H groups in total. The molecule has 0 saturated carbocycles. The van der Waals surface area contributed by atoms with E-state index in [9.17, 15) is 0 Å². The molecular formula is C16H14BrN. The van der Waals surface area contributed by atoms with Gasteiger partial charge in [0.05, 0.1) is 11.5 Å². The summed E-state index contributed by atoms with van der Waals surface area (Å²) in [5, 5.41) is 9.16. The fraction of sp³-hybridized carbons (Fsp3) is 0.188. The van der Waals surface area contributed by atoms with E-state index in [1.807, 2.05) is 44.2 Å². The zero-order chi connectivity index (χ0) is 13.2. The van der Waals surface area contributed by atoms with Crippen molar-refractivity contribution >= 4 is 15.9 Å². The van der Waals surface area contributed by atoms with Crippen molar-refractivity contribution in [1.29, 1.82) is 5.26 Å². The number of nitrogens with zero attached hydrogens (tertiary/aromatic N) is 1. The Hall–Kier alpha value is -1.59. The molecule has 0 aromatic heterocycles. The van der Waals surface area contributed by atoms with Crippen LogP contribution in [0.4, 0.5) is 0 Å². The zero-order valence-electron chi connectivity index (χ0n) is 10.4. The molecule has 18 heavy (non-hydrogen) atoms. The summed E-state index contributed by atoms with van der Waals surface area (Å²) in [6.07, 6.45) is 0. The minimum absolute atomic E-state index is 0.461. The van der Waals surface area contributed by atoms with E-state index in [2.05, 4.69) is 40.2 Å². The van der Waals surface area contributed by atoms with Crippen molar-refractivity contribution in [2.45, 2.75) is 19.3 Å². The molecule has 90 valence electrons. The second kappa shape index (κ2) is 4.96. The van der Waals surface area contributed by atoms with Gasteiger partial charge >= 0.3 is 0 Å². The summed E-state index contributed by atoms with van der Waals surface area (Å²) in [4.78, 5) is 0. The molecule has 0 spiro atoms. The minimum Gasteiger partial charge on any atom is -0.197 e. The van der Waals surface area contributed by atoms with Crippen LogP contribution in [-0.2, 0) is 5.41 Å². The van der Waals surface area contributed by atoms with Gasteiger partial charge in [0, 0.05) is 4.47 Å². The summed E-state index contributed by atoms with van der Waals surface area (Å²) in [7, 11) is 0. The second-order valence-corrected chi connectivity index (χ2v) is 5.65. The van der Waals surface area contributed by atoms with Gasteiger partial charge in [0.2, 0.25) is 0 Å². The van der Waals surface area contributed by atoms with Crippen LogP contribution in [0.15, 0.2) is 53.0 Å². The Labute approximate surface area is 116 Å². The maximum atomic E-state index is 9.16. The second-order valence-electron chi connectivity index (χ2n) is 4.80. The van der Waals surface area contributed by atoms with Crippen molar-refractivity contribution in [3.05, 3.63) is 58.6 Å². The van der Waals surface area contributed by atoms with Gasteiger partial charge in [-0.3, -0.25) is 0 Å². The Morgan fingerprint density at radius 2 is 1.72 bits per heavy atom. The Balaban J connectivity index is 2.48. The molecule has 2 rings (SSSR count). The van der Waals surface area contributed by atoms with E-state index in [4.69, 9.17) is 5.26 Å². The van der Waals surface area contributed by atoms with Crippen LogP contribution in [0.1, 0.15) is 19.4 Å². The lowest BCUT2D eigenvalue weighted by atomic mass is 9.85. The van der Waals surface area contributed by atoms with E-state index >= 15 is 0 Å². The highest BCUT2D eigenvalue weighted by Crippen LogP contribution is 2.32. The van der Waals surface area contributed by atoms with Crippen LogP contribution in [0, 0.1) is 11.3 Å². The van der Waals surface area contributed by atoms with Crippen LogP contribution in [-0.4, -0.2) is 0 Å². The molecule has 0 aliphatic rings. The van der Waals surface area contributed by atoms with Gasteiger partial charge in [0.1, 0.15) is 0 Å². The van der Waals surface area contributed by atoms with Crippen molar-refractivity contribution in [2.24, 2.45) is 0 Å². The summed E-state index contributed by atoms with van der Waals surface area (Å²) in [5.41, 5.74) is 2.88. The first-order valence-corrected chi connectivity index (χ1v) is 6.60. The molecule has 1 nitrogen and oxygen atoms in total. The van der Waals surface area contributed by atoms with E-state index in [0.717, 1.165) is 15.6 Å². The molecule has 0 atom stereocenters. The molecule has 0 radical (unpaired) electrons.